The van der Waals surface area contributed by atoms with E-state index in [4.69, 9.17) is 0 Å². The average molecular weight is 224 g/mol. The summed E-state index contributed by atoms with van der Waals surface area (Å²) >= 11 is 0. The molecule has 2 N–H and O–H groups in total. The number of anilines is 1. The molecule has 0 unspecified atom stereocenters. The van der Waals surface area contributed by atoms with Crippen molar-refractivity contribution in [2.75, 3.05) is 5.32 Å². The fourth-order valence-electron chi connectivity index (χ4n) is 2.10. The largest absolute Gasteiger partial charge is 0.361 e. The predicted molar refractivity (Wildman–Crippen MR) is 68.2 cm³/mol. The minimum Gasteiger partial charge on any atom is -0.361 e. The van der Waals surface area contributed by atoms with Gasteiger partial charge in [-0.3, -0.25) is 4.79 Å². The van der Waals surface area contributed by atoms with Crippen molar-refractivity contribution in [2.24, 2.45) is 0 Å². The van der Waals surface area contributed by atoms with E-state index in [9.17, 15) is 4.79 Å². The molecule has 0 radical (unpaired) electrons. The molecule has 3 nitrogen and oxygen atoms in total. The number of para-hydroxylation sites is 1. The van der Waals surface area contributed by atoms with Crippen molar-refractivity contribution in [1.82, 2.24) is 5.32 Å². The maximum Gasteiger partial charge on any atom is 0.228 e. The second kappa shape index (κ2) is 3.94. The van der Waals surface area contributed by atoms with Gasteiger partial charge >= 0.3 is 0 Å². The van der Waals surface area contributed by atoms with Gasteiger partial charge in [-0.15, -0.1) is 0 Å². The van der Waals surface area contributed by atoms with Crippen LogP contribution in [-0.2, 0) is 11.2 Å². The number of allylic oxidation sites excluding steroid dienone is 4. The van der Waals surface area contributed by atoms with Crippen molar-refractivity contribution in [3.63, 3.8) is 0 Å². The number of rotatable bonds is 1. The van der Waals surface area contributed by atoms with Crippen LogP contribution in [0.1, 0.15) is 11.1 Å². The van der Waals surface area contributed by atoms with E-state index in [2.05, 4.69) is 10.6 Å². The number of hydrogen-bond acceptors (Lipinski definition) is 2. The molecular formula is C14H12N2O. The first-order valence-electron chi connectivity index (χ1n) is 5.57. The number of benzene rings is 1. The van der Waals surface area contributed by atoms with Crippen molar-refractivity contribution in [1.29, 1.82) is 0 Å². The Bertz CT molecular complexity index is 568. The van der Waals surface area contributed by atoms with Gasteiger partial charge in [0.15, 0.2) is 0 Å². The first-order chi connectivity index (χ1) is 8.34. The number of fused-ring (bicyclic) bond motifs is 1. The molecule has 84 valence electrons. The van der Waals surface area contributed by atoms with E-state index in [0.717, 1.165) is 22.5 Å². The van der Waals surface area contributed by atoms with E-state index < -0.39 is 0 Å². The zero-order valence-corrected chi connectivity index (χ0v) is 9.23. The van der Waals surface area contributed by atoms with E-state index in [1.165, 1.54) is 0 Å². The molecule has 3 rings (SSSR count). The third kappa shape index (κ3) is 1.76. The monoisotopic (exact) mass is 224 g/mol. The minimum absolute atomic E-state index is 0.0627. The first kappa shape index (κ1) is 9.90. The van der Waals surface area contributed by atoms with Gasteiger partial charge in [-0.2, -0.15) is 0 Å². The maximum atomic E-state index is 11.4. The fraction of sp³-hybridized carbons (Fsp3) is 0.0714. The summed E-state index contributed by atoms with van der Waals surface area (Å²) in [5.74, 6) is 0.0627. The molecule has 1 amide bonds. The lowest BCUT2D eigenvalue weighted by atomic mass is 10.0. The number of nitrogens with one attached hydrogen (secondary N) is 2. The summed E-state index contributed by atoms with van der Waals surface area (Å²) < 4.78 is 0. The second-order valence-corrected chi connectivity index (χ2v) is 4.03. The molecule has 2 heterocycles. The van der Waals surface area contributed by atoms with Crippen molar-refractivity contribution < 1.29 is 4.79 Å². The lowest BCUT2D eigenvalue weighted by Crippen LogP contribution is -2.08. The van der Waals surface area contributed by atoms with Gasteiger partial charge in [0, 0.05) is 17.5 Å². The molecule has 0 aliphatic carbocycles. The minimum atomic E-state index is 0.0627. The summed E-state index contributed by atoms with van der Waals surface area (Å²) in [4.78, 5) is 11.4. The van der Waals surface area contributed by atoms with Crippen LogP contribution in [0.15, 0.2) is 48.7 Å². The normalized spacial score (nSPS) is 16.9. The zero-order chi connectivity index (χ0) is 11.7. The van der Waals surface area contributed by atoms with Crippen LogP contribution in [-0.4, -0.2) is 5.91 Å². The number of carbonyl (C=O) groups excluding carboxylic acids is 1. The van der Waals surface area contributed by atoms with Crippen molar-refractivity contribution in [2.45, 2.75) is 6.42 Å². The van der Waals surface area contributed by atoms with Gasteiger partial charge in [0.05, 0.1) is 12.1 Å². The van der Waals surface area contributed by atoms with Gasteiger partial charge in [-0.25, -0.2) is 0 Å². The van der Waals surface area contributed by atoms with Gasteiger partial charge in [-0.1, -0.05) is 30.4 Å². The molecule has 2 aliphatic heterocycles. The van der Waals surface area contributed by atoms with Crippen LogP contribution in [0.4, 0.5) is 5.69 Å². The number of amides is 1. The van der Waals surface area contributed by atoms with Crippen LogP contribution >= 0.6 is 0 Å². The molecule has 1 aromatic carbocycles. The molecule has 2 aliphatic rings. The quantitative estimate of drug-likeness (QED) is 0.767. The SMILES string of the molecule is O=C1Cc2cccc(C3=CC=CC=CN3)c2N1. The molecular weight excluding hydrogens is 212 g/mol. The molecule has 1 aromatic rings. The molecule has 0 spiro atoms. The summed E-state index contributed by atoms with van der Waals surface area (Å²) in [6.07, 6.45) is 10.2. The third-order valence-electron chi connectivity index (χ3n) is 2.88. The lowest BCUT2D eigenvalue weighted by Gasteiger charge is -2.11. The van der Waals surface area contributed by atoms with Crippen LogP contribution in [0.2, 0.25) is 0 Å². The molecule has 0 saturated carbocycles. The van der Waals surface area contributed by atoms with Gasteiger partial charge < -0.3 is 10.6 Å². The second-order valence-electron chi connectivity index (χ2n) is 4.03. The Morgan fingerprint density at radius 2 is 2.06 bits per heavy atom. The number of hydrogen-bond donors (Lipinski definition) is 2. The van der Waals surface area contributed by atoms with Gasteiger partial charge in [0.2, 0.25) is 5.91 Å². The molecule has 3 heteroatoms. The molecule has 0 aromatic heterocycles. The zero-order valence-electron chi connectivity index (χ0n) is 9.23. The van der Waals surface area contributed by atoms with E-state index in [1.54, 1.807) is 0 Å². The van der Waals surface area contributed by atoms with Gasteiger partial charge in [0.25, 0.3) is 0 Å². The fourth-order valence-corrected chi connectivity index (χ4v) is 2.10. The number of carbonyl (C=O) groups is 1. The molecule has 0 atom stereocenters. The Hall–Kier alpha value is -2.29. The smallest absolute Gasteiger partial charge is 0.228 e. The summed E-state index contributed by atoms with van der Waals surface area (Å²) in [6.45, 7) is 0. The summed E-state index contributed by atoms with van der Waals surface area (Å²) in [7, 11) is 0. The Labute approximate surface area is 99.5 Å². The highest BCUT2D eigenvalue weighted by Gasteiger charge is 2.21. The lowest BCUT2D eigenvalue weighted by molar-refractivity contribution is -0.115. The molecule has 0 bridgehead atoms. The van der Waals surface area contributed by atoms with Gasteiger partial charge in [-0.05, 0) is 17.7 Å². The van der Waals surface area contributed by atoms with Crippen molar-refractivity contribution in [3.05, 3.63) is 59.8 Å². The Balaban J connectivity index is 2.08. The molecule has 0 fully saturated rings. The van der Waals surface area contributed by atoms with Crippen molar-refractivity contribution >= 4 is 17.3 Å². The highest BCUT2D eigenvalue weighted by atomic mass is 16.1. The van der Waals surface area contributed by atoms with Crippen LogP contribution in [0.3, 0.4) is 0 Å². The third-order valence-corrected chi connectivity index (χ3v) is 2.88. The summed E-state index contributed by atoms with van der Waals surface area (Å²) in [5, 5.41) is 6.12. The highest BCUT2D eigenvalue weighted by molar-refractivity contribution is 6.02. The van der Waals surface area contributed by atoms with Crippen LogP contribution in [0, 0.1) is 0 Å². The van der Waals surface area contributed by atoms with E-state index in [-0.39, 0.29) is 5.91 Å². The highest BCUT2D eigenvalue weighted by Crippen LogP contribution is 2.31. The van der Waals surface area contributed by atoms with E-state index in [0.29, 0.717) is 6.42 Å². The molecule has 0 saturated heterocycles. The Morgan fingerprint density at radius 3 is 3.00 bits per heavy atom. The predicted octanol–water partition coefficient (Wildman–Crippen LogP) is 2.20. The van der Waals surface area contributed by atoms with Crippen LogP contribution < -0.4 is 10.6 Å². The Kier molecular flexibility index (Phi) is 2.29. The maximum absolute atomic E-state index is 11.4. The standard InChI is InChI=1S/C14H12N2O/c17-13-9-10-5-4-6-11(14(10)16-13)12-7-2-1-3-8-15-12/h1-8,15H,9H2,(H,16,17). The average Bonchev–Trinajstić information content (AvgIpc) is 2.55. The van der Waals surface area contributed by atoms with Crippen molar-refractivity contribution in [3.8, 4) is 0 Å². The van der Waals surface area contributed by atoms with Crippen LogP contribution in [0.5, 0.6) is 0 Å². The summed E-state index contributed by atoms with van der Waals surface area (Å²) in [5.41, 5.74) is 4.02. The molecule has 17 heavy (non-hydrogen) atoms. The Morgan fingerprint density at radius 1 is 1.12 bits per heavy atom. The van der Waals surface area contributed by atoms with E-state index >= 15 is 0 Å². The van der Waals surface area contributed by atoms with E-state index in [1.807, 2.05) is 48.7 Å². The topological polar surface area (TPSA) is 41.1 Å². The summed E-state index contributed by atoms with van der Waals surface area (Å²) in [6, 6.07) is 5.98. The van der Waals surface area contributed by atoms with Crippen LogP contribution in [0.25, 0.3) is 5.70 Å². The first-order valence-corrected chi connectivity index (χ1v) is 5.57. The van der Waals surface area contributed by atoms with Gasteiger partial charge in [0.1, 0.15) is 0 Å².